The molecule has 1 aliphatic carbocycles. The molecule has 124 valence electrons. The summed E-state index contributed by atoms with van der Waals surface area (Å²) in [7, 11) is 0. The number of fused-ring (bicyclic) bond motifs is 1. The van der Waals surface area contributed by atoms with Gasteiger partial charge in [0, 0.05) is 13.1 Å². The molecular weight excluding hydrogens is 391 g/mol. The summed E-state index contributed by atoms with van der Waals surface area (Å²) >= 11 is 5.10. The molecule has 3 nitrogen and oxygen atoms in total. The zero-order valence-corrected chi connectivity index (χ0v) is 15.3. The molecule has 1 aliphatic rings. The van der Waals surface area contributed by atoms with Gasteiger partial charge in [-0.15, -0.1) is 11.3 Å². The highest BCUT2D eigenvalue weighted by atomic mass is 79.9. The third kappa shape index (κ3) is 3.26. The number of nitrogens with zero attached hydrogens (tertiary/aromatic N) is 1. The van der Waals surface area contributed by atoms with Gasteiger partial charge in [-0.1, -0.05) is 12.1 Å². The molecule has 0 unspecified atom stereocenters. The van der Waals surface area contributed by atoms with Crippen molar-refractivity contribution < 1.29 is 9.18 Å². The molecule has 1 aromatic carbocycles. The van der Waals surface area contributed by atoms with E-state index in [1.165, 1.54) is 25.0 Å². The van der Waals surface area contributed by atoms with Crippen LogP contribution in [-0.4, -0.2) is 17.0 Å². The van der Waals surface area contributed by atoms with E-state index in [0.717, 1.165) is 26.1 Å². The Morgan fingerprint density at radius 3 is 2.92 bits per heavy atom. The molecule has 1 saturated carbocycles. The first-order chi connectivity index (χ1) is 11.6. The van der Waals surface area contributed by atoms with Crippen LogP contribution in [0.4, 0.5) is 4.39 Å². The van der Waals surface area contributed by atoms with E-state index in [-0.39, 0.29) is 11.7 Å². The number of rotatable bonds is 5. The van der Waals surface area contributed by atoms with Crippen molar-refractivity contribution in [3.05, 3.63) is 57.3 Å². The van der Waals surface area contributed by atoms with Gasteiger partial charge in [0.05, 0.1) is 14.0 Å². The van der Waals surface area contributed by atoms with Crippen molar-refractivity contribution in [1.29, 1.82) is 0 Å². The Hall–Kier alpha value is -1.66. The Labute approximate surface area is 151 Å². The number of nitrogens with one attached hydrogen (secondary N) is 1. The molecule has 1 amide bonds. The molecule has 4 rings (SSSR count). The lowest BCUT2D eigenvalue weighted by atomic mass is 10.2. The standard InChI is InChI=1S/C18H16BrFN2OS/c19-17-8-14-16(24-17)7-15(18(23)21-9-11-4-5-11)22(14)10-12-2-1-3-13(20)6-12/h1-3,6-8,11H,4-5,9-10H2,(H,21,23). The van der Waals surface area contributed by atoms with Crippen LogP contribution in [0.15, 0.2) is 40.2 Å². The van der Waals surface area contributed by atoms with Crippen LogP contribution in [0, 0.1) is 11.7 Å². The monoisotopic (exact) mass is 406 g/mol. The molecule has 0 bridgehead atoms. The minimum Gasteiger partial charge on any atom is -0.350 e. The minimum atomic E-state index is -0.262. The first-order valence-corrected chi connectivity index (χ1v) is 9.52. The van der Waals surface area contributed by atoms with Gasteiger partial charge >= 0.3 is 0 Å². The second-order valence-electron chi connectivity index (χ2n) is 6.20. The third-order valence-electron chi connectivity index (χ3n) is 4.27. The molecule has 24 heavy (non-hydrogen) atoms. The normalized spacial score (nSPS) is 14.2. The fourth-order valence-electron chi connectivity index (χ4n) is 2.84. The van der Waals surface area contributed by atoms with Crippen molar-refractivity contribution in [2.24, 2.45) is 5.92 Å². The van der Waals surface area contributed by atoms with Crippen molar-refractivity contribution in [2.75, 3.05) is 6.54 Å². The Morgan fingerprint density at radius 2 is 2.17 bits per heavy atom. The lowest BCUT2D eigenvalue weighted by molar-refractivity contribution is 0.0943. The van der Waals surface area contributed by atoms with Crippen molar-refractivity contribution in [3.63, 3.8) is 0 Å². The highest BCUT2D eigenvalue weighted by molar-refractivity contribution is 9.11. The first kappa shape index (κ1) is 15.8. The van der Waals surface area contributed by atoms with E-state index >= 15 is 0 Å². The highest BCUT2D eigenvalue weighted by Gasteiger charge is 2.23. The Balaban J connectivity index is 1.69. The summed E-state index contributed by atoms with van der Waals surface area (Å²) in [6.07, 6.45) is 2.40. The molecule has 0 radical (unpaired) electrons. The van der Waals surface area contributed by atoms with Gasteiger partial charge in [0.2, 0.25) is 0 Å². The lowest BCUT2D eigenvalue weighted by Crippen LogP contribution is -2.27. The van der Waals surface area contributed by atoms with Crippen LogP contribution >= 0.6 is 27.3 Å². The zero-order chi connectivity index (χ0) is 16.7. The number of aromatic nitrogens is 1. The average molecular weight is 407 g/mol. The smallest absolute Gasteiger partial charge is 0.267 e. The maximum absolute atomic E-state index is 13.5. The summed E-state index contributed by atoms with van der Waals surface area (Å²) < 4.78 is 17.5. The largest absolute Gasteiger partial charge is 0.350 e. The predicted molar refractivity (Wildman–Crippen MR) is 98.1 cm³/mol. The number of hydrogen-bond acceptors (Lipinski definition) is 2. The van der Waals surface area contributed by atoms with Crippen molar-refractivity contribution in [1.82, 2.24) is 9.88 Å². The van der Waals surface area contributed by atoms with Crippen molar-refractivity contribution in [3.8, 4) is 0 Å². The number of carbonyl (C=O) groups excluding carboxylic acids is 1. The van der Waals surface area contributed by atoms with Gasteiger partial charge in [0.1, 0.15) is 11.5 Å². The van der Waals surface area contributed by atoms with E-state index in [0.29, 0.717) is 18.2 Å². The highest BCUT2D eigenvalue weighted by Crippen LogP contribution is 2.33. The fourth-order valence-corrected chi connectivity index (χ4v) is 4.40. The number of benzene rings is 1. The first-order valence-electron chi connectivity index (χ1n) is 7.91. The summed E-state index contributed by atoms with van der Waals surface area (Å²) in [5.74, 6) is 0.316. The van der Waals surface area contributed by atoms with Gasteiger partial charge in [-0.25, -0.2) is 4.39 Å². The maximum Gasteiger partial charge on any atom is 0.267 e. The molecule has 3 aromatic rings. The number of hydrogen-bond donors (Lipinski definition) is 1. The third-order valence-corrected chi connectivity index (χ3v) is 5.84. The fraction of sp³-hybridized carbons (Fsp3) is 0.278. The second kappa shape index (κ2) is 6.33. The molecule has 1 fully saturated rings. The molecule has 6 heteroatoms. The molecule has 2 aromatic heterocycles. The van der Waals surface area contributed by atoms with Crippen LogP contribution < -0.4 is 5.32 Å². The van der Waals surface area contributed by atoms with Crippen LogP contribution in [0.5, 0.6) is 0 Å². The van der Waals surface area contributed by atoms with Crippen LogP contribution in [0.25, 0.3) is 10.2 Å². The SMILES string of the molecule is O=C(NCC1CC1)c1cc2sc(Br)cc2n1Cc1cccc(F)c1. The van der Waals surface area contributed by atoms with Gasteiger partial charge in [0.25, 0.3) is 5.91 Å². The maximum atomic E-state index is 13.5. The quantitative estimate of drug-likeness (QED) is 0.648. The van der Waals surface area contributed by atoms with Gasteiger partial charge < -0.3 is 9.88 Å². The van der Waals surface area contributed by atoms with Crippen LogP contribution in [0.3, 0.4) is 0 Å². The molecule has 0 saturated heterocycles. The number of halogens is 2. The van der Waals surface area contributed by atoms with E-state index in [2.05, 4.69) is 21.2 Å². The minimum absolute atomic E-state index is 0.0576. The lowest BCUT2D eigenvalue weighted by Gasteiger charge is -2.11. The number of thiophene rings is 1. The summed E-state index contributed by atoms with van der Waals surface area (Å²) in [6.45, 7) is 1.21. The Kier molecular flexibility index (Phi) is 4.18. The van der Waals surface area contributed by atoms with Crippen molar-refractivity contribution in [2.45, 2.75) is 19.4 Å². The van der Waals surface area contributed by atoms with E-state index in [4.69, 9.17) is 0 Å². The van der Waals surface area contributed by atoms with E-state index in [1.54, 1.807) is 17.4 Å². The molecule has 2 heterocycles. The van der Waals surface area contributed by atoms with Crippen LogP contribution in [0.2, 0.25) is 0 Å². The van der Waals surface area contributed by atoms with E-state index < -0.39 is 0 Å². The summed E-state index contributed by atoms with van der Waals surface area (Å²) in [5, 5.41) is 3.02. The van der Waals surface area contributed by atoms with Crippen molar-refractivity contribution >= 4 is 43.4 Å². The van der Waals surface area contributed by atoms with Gasteiger partial charge in [-0.05, 0) is 64.5 Å². The topological polar surface area (TPSA) is 34.0 Å². The summed E-state index contributed by atoms with van der Waals surface area (Å²) in [6, 6.07) is 10.4. The summed E-state index contributed by atoms with van der Waals surface area (Å²) in [5.41, 5.74) is 2.47. The van der Waals surface area contributed by atoms with Crippen LogP contribution in [-0.2, 0) is 6.54 Å². The molecule has 1 N–H and O–H groups in total. The van der Waals surface area contributed by atoms with Gasteiger partial charge in [0.15, 0.2) is 0 Å². The van der Waals surface area contributed by atoms with Gasteiger partial charge in [-0.3, -0.25) is 4.79 Å². The van der Waals surface area contributed by atoms with E-state index in [9.17, 15) is 9.18 Å². The number of amides is 1. The zero-order valence-electron chi connectivity index (χ0n) is 12.9. The van der Waals surface area contributed by atoms with E-state index in [1.807, 2.05) is 22.8 Å². The Morgan fingerprint density at radius 1 is 1.33 bits per heavy atom. The summed E-state index contributed by atoms with van der Waals surface area (Å²) in [4.78, 5) is 12.6. The van der Waals surface area contributed by atoms with Gasteiger partial charge in [-0.2, -0.15) is 0 Å². The average Bonchev–Trinajstić information content (AvgIpc) is 3.22. The predicted octanol–water partition coefficient (Wildman–Crippen LogP) is 4.79. The molecule has 0 aliphatic heterocycles. The number of carbonyl (C=O) groups is 1. The molecule has 0 atom stereocenters. The Bertz CT molecular complexity index is 913. The molecule has 0 spiro atoms. The van der Waals surface area contributed by atoms with Crippen LogP contribution in [0.1, 0.15) is 28.9 Å². The molecular formula is C18H16BrFN2OS. The second-order valence-corrected chi connectivity index (χ2v) is 8.66.